The maximum absolute atomic E-state index is 11.1. The van der Waals surface area contributed by atoms with E-state index < -0.39 is 0 Å². The van der Waals surface area contributed by atoms with Gasteiger partial charge >= 0.3 is 0 Å². The van der Waals surface area contributed by atoms with Crippen molar-refractivity contribution in [1.82, 2.24) is 0 Å². The molecule has 0 saturated carbocycles. The SMILES string of the molecule is Cc1cc(Cc2cc(C(C)C)cc(Cc3cc(C)c(O)c(C)c3)c2O)cc(C)c1O. The molecule has 3 N–H and O–H groups in total. The summed E-state index contributed by atoms with van der Waals surface area (Å²) in [6, 6.07) is 12.1. The van der Waals surface area contributed by atoms with Crippen LogP contribution in [0.25, 0.3) is 0 Å². The average molecular weight is 405 g/mol. The van der Waals surface area contributed by atoms with Gasteiger partial charge in [0.05, 0.1) is 0 Å². The van der Waals surface area contributed by atoms with Gasteiger partial charge in [0.25, 0.3) is 0 Å². The van der Waals surface area contributed by atoms with E-state index in [1.165, 1.54) is 5.56 Å². The van der Waals surface area contributed by atoms with E-state index in [0.717, 1.165) is 44.5 Å². The summed E-state index contributed by atoms with van der Waals surface area (Å²) in [5.74, 6) is 1.33. The molecule has 0 spiro atoms. The van der Waals surface area contributed by atoms with Crippen molar-refractivity contribution in [1.29, 1.82) is 0 Å². The van der Waals surface area contributed by atoms with Crippen molar-refractivity contribution in [2.24, 2.45) is 0 Å². The molecule has 158 valence electrons. The summed E-state index contributed by atoms with van der Waals surface area (Å²) in [6.45, 7) is 11.9. The van der Waals surface area contributed by atoms with Gasteiger partial charge in [0.2, 0.25) is 0 Å². The molecule has 0 fully saturated rings. The molecule has 0 unspecified atom stereocenters. The van der Waals surface area contributed by atoms with Crippen molar-refractivity contribution < 1.29 is 15.3 Å². The Balaban J connectivity index is 2.04. The van der Waals surface area contributed by atoms with Crippen molar-refractivity contribution in [2.75, 3.05) is 0 Å². The molecule has 3 rings (SSSR count). The van der Waals surface area contributed by atoms with Crippen LogP contribution in [0.5, 0.6) is 17.2 Å². The summed E-state index contributed by atoms with van der Waals surface area (Å²) >= 11 is 0. The molecule has 0 aliphatic carbocycles. The normalized spacial score (nSPS) is 11.3. The molecule has 3 nitrogen and oxygen atoms in total. The van der Waals surface area contributed by atoms with Crippen molar-refractivity contribution in [2.45, 2.75) is 60.3 Å². The first-order valence-electron chi connectivity index (χ1n) is 10.5. The Bertz CT molecular complexity index is 967. The third-order valence-electron chi connectivity index (χ3n) is 5.85. The molecular weight excluding hydrogens is 372 g/mol. The molecule has 0 heterocycles. The zero-order valence-corrected chi connectivity index (χ0v) is 18.8. The molecule has 0 amide bonds. The highest BCUT2D eigenvalue weighted by molar-refractivity contribution is 5.51. The standard InChI is InChI=1S/C27H32O3/c1-15(2)22-13-23(11-20-7-16(3)25(28)17(4)8-20)27(30)24(14-22)12-21-9-18(5)26(29)19(6)10-21/h7-10,13-15,28-30H,11-12H2,1-6H3. The van der Waals surface area contributed by atoms with E-state index in [0.29, 0.717) is 36.0 Å². The zero-order valence-electron chi connectivity index (χ0n) is 18.8. The Kier molecular flexibility index (Phi) is 6.12. The number of aromatic hydroxyl groups is 3. The number of rotatable bonds is 5. The predicted octanol–water partition coefficient (Wildman–Crippen LogP) is 6.34. The largest absolute Gasteiger partial charge is 0.507 e. The van der Waals surface area contributed by atoms with Crippen LogP contribution in [-0.4, -0.2) is 15.3 Å². The van der Waals surface area contributed by atoms with E-state index in [-0.39, 0.29) is 0 Å². The van der Waals surface area contributed by atoms with Crippen LogP contribution in [0.2, 0.25) is 0 Å². The van der Waals surface area contributed by atoms with Crippen LogP contribution >= 0.6 is 0 Å². The van der Waals surface area contributed by atoms with Crippen LogP contribution in [0.15, 0.2) is 36.4 Å². The van der Waals surface area contributed by atoms with Gasteiger partial charge in [-0.2, -0.15) is 0 Å². The highest BCUT2D eigenvalue weighted by Crippen LogP contribution is 2.34. The molecule has 3 heteroatoms. The summed E-state index contributed by atoms with van der Waals surface area (Å²) < 4.78 is 0. The van der Waals surface area contributed by atoms with Gasteiger partial charge in [-0.05, 0) is 83.7 Å². The van der Waals surface area contributed by atoms with Crippen LogP contribution in [0.1, 0.15) is 69.8 Å². The lowest BCUT2D eigenvalue weighted by Gasteiger charge is -2.17. The molecule has 3 aromatic carbocycles. The fourth-order valence-corrected chi connectivity index (χ4v) is 4.12. The lowest BCUT2D eigenvalue weighted by atomic mass is 9.90. The number of phenolic OH excluding ortho intramolecular Hbond substituents is 3. The Labute approximate surface area is 179 Å². The van der Waals surface area contributed by atoms with Gasteiger partial charge in [0.1, 0.15) is 17.2 Å². The Morgan fingerprint density at radius 2 is 0.900 bits per heavy atom. The second-order valence-electron chi connectivity index (χ2n) is 8.85. The fourth-order valence-electron chi connectivity index (χ4n) is 4.12. The summed E-state index contributed by atoms with van der Waals surface area (Å²) in [4.78, 5) is 0. The van der Waals surface area contributed by atoms with E-state index >= 15 is 0 Å². The zero-order chi connectivity index (χ0) is 22.2. The van der Waals surface area contributed by atoms with Gasteiger partial charge in [-0.15, -0.1) is 0 Å². The van der Waals surface area contributed by atoms with Crippen LogP contribution in [-0.2, 0) is 12.8 Å². The van der Waals surface area contributed by atoms with Gasteiger partial charge < -0.3 is 15.3 Å². The van der Waals surface area contributed by atoms with Crippen LogP contribution in [0, 0.1) is 27.7 Å². The molecular formula is C27H32O3. The molecule has 3 aromatic rings. The molecule has 0 aromatic heterocycles. The van der Waals surface area contributed by atoms with E-state index in [9.17, 15) is 15.3 Å². The minimum absolute atomic E-state index is 0.325. The van der Waals surface area contributed by atoms with Crippen molar-refractivity contribution in [3.8, 4) is 17.2 Å². The topological polar surface area (TPSA) is 60.7 Å². The monoisotopic (exact) mass is 404 g/mol. The number of hydrogen-bond donors (Lipinski definition) is 3. The van der Waals surface area contributed by atoms with Crippen molar-refractivity contribution in [3.05, 3.63) is 86.5 Å². The van der Waals surface area contributed by atoms with Gasteiger partial charge in [0, 0.05) is 12.8 Å². The predicted molar refractivity (Wildman–Crippen MR) is 123 cm³/mol. The third kappa shape index (κ3) is 4.46. The Morgan fingerprint density at radius 3 is 1.20 bits per heavy atom. The molecule has 0 radical (unpaired) electrons. The summed E-state index contributed by atoms with van der Waals surface area (Å²) in [5.41, 5.74) is 8.51. The molecule has 0 aliphatic rings. The minimum atomic E-state index is 0.325. The number of aryl methyl sites for hydroxylation is 4. The van der Waals surface area contributed by atoms with Gasteiger partial charge in [-0.1, -0.05) is 50.2 Å². The fraction of sp³-hybridized carbons (Fsp3) is 0.333. The van der Waals surface area contributed by atoms with Gasteiger partial charge in [-0.25, -0.2) is 0 Å². The van der Waals surface area contributed by atoms with Crippen molar-refractivity contribution >= 4 is 0 Å². The first-order valence-corrected chi connectivity index (χ1v) is 10.5. The smallest absolute Gasteiger partial charge is 0.122 e. The summed E-state index contributed by atoms with van der Waals surface area (Å²) in [5, 5.41) is 31.3. The second-order valence-corrected chi connectivity index (χ2v) is 8.85. The first-order chi connectivity index (χ1) is 14.1. The van der Waals surface area contributed by atoms with E-state index in [1.54, 1.807) is 0 Å². The highest BCUT2D eigenvalue weighted by Gasteiger charge is 2.15. The lowest BCUT2D eigenvalue weighted by Crippen LogP contribution is -2.00. The maximum Gasteiger partial charge on any atom is 0.122 e. The first kappa shape index (κ1) is 21.8. The van der Waals surface area contributed by atoms with E-state index in [1.807, 2.05) is 52.0 Å². The number of benzene rings is 3. The maximum atomic E-state index is 11.1. The van der Waals surface area contributed by atoms with Crippen molar-refractivity contribution in [3.63, 3.8) is 0 Å². The summed E-state index contributed by atoms with van der Waals surface area (Å²) in [7, 11) is 0. The van der Waals surface area contributed by atoms with Crippen LogP contribution in [0.4, 0.5) is 0 Å². The second kappa shape index (κ2) is 8.43. The Morgan fingerprint density at radius 1 is 0.567 bits per heavy atom. The molecule has 0 saturated heterocycles. The number of hydrogen-bond acceptors (Lipinski definition) is 3. The number of phenols is 3. The Hall–Kier alpha value is -2.94. The highest BCUT2D eigenvalue weighted by atomic mass is 16.3. The van der Waals surface area contributed by atoms with Crippen LogP contribution < -0.4 is 0 Å². The molecule has 30 heavy (non-hydrogen) atoms. The minimum Gasteiger partial charge on any atom is -0.507 e. The van der Waals surface area contributed by atoms with Crippen LogP contribution in [0.3, 0.4) is 0 Å². The quantitative estimate of drug-likeness (QED) is 0.465. The molecule has 0 atom stereocenters. The van der Waals surface area contributed by atoms with Gasteiger partial charge in [0.15, 0.2) is 0 Å². The third-order valence-corrected chi connectivity index (χ3v) is 5.85. The lowest BCUT2D eigenvalue weighted by molar-refractivity contribution is 0.462. The molecule has 0 bridgehead atoms. The average Bonchev–Trinajstić information content (AvgIpc) is 2.66. The summed E-state index contributed by atoms with van der Waals surface area (Å²) in [6.07, 6.45) is 1.21. The molecule has 0 aliphatic heterocycles. The van der Waals surface area contributed by atoms with E-state index in [4.69, 9.17) is 0 Å². The van der Waals surface area contributed by atoms with E-state index in [2.05, 4.69) is 26.0 Å². The van der Waals surface area contributed by atoms with Gasteiger partial charge in [-0.3, -0.25) is 0 Å².